The Hall–Kier alpha value is -2.37. The molecule has 1 aliphatic heterocycles. The highest BCUT2D eigenvalue weighted by Crippen LogP contribution is 2.22. The van der Waals surface area contributed by atoms with Crippen LogP contribution >= 0.6 is 0 Å². The fraction of sp³-hybridized carbons (Fsp3) is 0.550. The van der Waals surface area contributed by atoms with Gasteiger partial charge < -0.3 is 14.2 Å². The molecule has 1 aliphatic rings. The second-order valence-electron chi connectivity index (χ2n) is 7.03. The van der Waals surface area contributed by atoms with Crippen molar-refractivity contribution in [3.05, 3.63) is 41.0 Å². The Balaban J connectivity index is 1.39. The monoisotopic (exact) mass is 357 g/mol. The first-order chi connectivity index (χ1) is 12.5. The molecule has 1 amide bonds. The summed E-state index contributed by atoms with van der Waals surface area (Å²) in [6, 6.07) is 6.21. The van der Waals surface area contributed by atoms with Crippen molar-refractivity contribution in [2.24, 2.45) is 0 Å². The van der Waals surface area contributed by atoms with E-state index in [-0.39, 0.29) is 12.0 Å². The average molecular weight is 357 g/mol. The first-order valence-electron chi connectivity index (χ1n) is 9.32. The van der Waals surface area contributed by atoms with Gasteiger partial charge in [0.15, 0.2) is 5.82 Å². The zero-order valence-electron chi connectivity index (χ0n) is 15.8. The zero-order valence-corrected chi connectivity index (χ0v) is 15.8. The van der Waals surface area contributed by atoms with Gasteiger partial charge in [0.05, 0.1) is 0 Å². The lowest BCUT2D eigenvalue weighted by molar-refractivity contribution is -0.133. The van der Waals surface area contributed by atoms with Crippen molar-refractivity contribution in [1.29, 1.82) is 0 Å². The number of hydrogen-bond acceptors (Lipinski definition) is 5. The summed E-state index contributed by atoms with van der Waals surface area (Å²) in [5, 5.41) is 3.76. The topological polar surface area (TPSA) is 68.5 Å². The van der Waals surface area contributed by atoms with Crippen LogP contribution in [0, 0.1) is 20.8 Å². The van der Waals surface area contributed by atoms with Crippen LogP contribution in [0.15, 0.2) is 22.7 Å². The third-order valence-corrected chi connectivity index (χ3v) is 4.93. The molecule has 140 valence electrons. The number of carbonyl (C=O) groups is 1. The van der Waals surface area contributed by atoms with E-state index < -0.39 is 0 Å². The average Bonchev–Trinajstić information content (AvgIpc) is 3.04. The van der Waals surface area contributed by atoms with Crippen LogP contribution < -0.4 is 4.74 Å². The lowest BCUT2D eigenvalue weighted by Crippen LogP contribution is -2.41. The van der Waals surface area contributed by atoms with E-state index in [1.807, 2.05) is 11.0 Å². The predicted molar refractivity (Wildman–Crippen MR) is 98.1 cm³/mol. The summed E-state index contributed by atoms with van der Waals surface area (Å²) in [5.74, 6) is 2.37. The van der Waals surface area contributed by atoms with Gasteiger partial charge in [-0.05, 0) is 50.5 Å². The molecule has 1 saturated heterocycles. The molecular formula is C20H27N3O3. The van der Waals surface area contributed by atoms with E-state index in [0.717, 1.165) is 38.1 Å². The highest BCUT2D eigenvalue weighted by Gasteiger charge is 2.23. The van der Waals surface area contributed by atoms with Crippen LogP contribution in [0.5, 0.6) is 5.75 Å². The number of aryl methyl sites for hydroxylation is 4. The van der Waals surface area contributed by atoms with Crippen molar-refractivity contribution in [2.75, 3.05) is 13.1 Å². The first kappa shape index (κ1) is 18.4. The van der Waals surface area contributed by atoms with E-state index in [1.165, 1.54) is 11.1 Å². The van der Waals surface area contributed by atoms with Gasteiger partial charge in [0, 0.05) is 38.8 Å². The molecule has 2 heterocycles. The fourth-order valence-corrected chi connectivity index (χ4v) is 3.19. The van der Waals surface area contributed by atoms with Crippen LogP contribution in [0.25, 0.3) is 0 Å². The molecule has 6 heteroatoms. The molecule has 0 radical (unpaired) electrons. The maximum absolute atomic E-state index is 12.4. The third kappa shape index (κ3) is 4.84. The van der Waals surface area contributed by atoms with Crippen molar-refractivity contribution in [3.63, 3.8) is 0 Å². The maximum Gasteiger partial charge on any atom is 0.226 e. The minimum atomic E-state index is 0.183. The van der Waals surface area contributed by atoms with Crippen molar-refractivity contribution in [3.8, 4) is 5.75 Å². The Morgan fingerprint density at radius 2 is 2.00 bits per heavy atom. The van der Waals surface area contributed by atoms with Gasteiger partial charge >= 0.3 is 0 Å². The Morgan fingerprint density at radius 3 is 2.65 bits per heavy atom. The van der Waals surface area contributed by atoms with E-state index in [1.54, 1.807) is 6.92 Å². The molecule has 6 nitrogen and oxygen atoms in total. The molecule has 0 unspecified atom stereocenters. The van der Waals surface area contributed by atoms with Crippen LogP contribution in [0.4, 0.5) is 0 Å². The van der Waals surface area contributed by atoms with Crippen molar-refractivity contribution in [1.82, 2.24) is 15.0 Å². The first-order valence-corrected chi connectivity index (χ1v) is 9.32. The molecule has 1 aromatic carbocycles. The van der Waals surface area contributed by atoms with Crippen LogP contribution in [0.1, 0.15) is 48.5 Å². The van der Waals surface area contributed by atoms with Gasteiger partial charge in [0.25, 0.3) is 0 Å². The van der Waals surface area contributed by atoms with Gasteiger partial charge in [-0.1, -0.05) is 11.2 Å². The van der Waals surface area contributed by atoms with E-state index in [4.69, 9.17) is 9.26 Å². The lowest BCUT2D eigenvalue weighted by atomic mass is 10.1. The number of nitrogens with zero attached hydrogens (tertiary/aromatic N) is 3. The number of benzene rings is 1. The number of hydrogen-bond donors (Lipinski definition) is 0. The second kappa shape index (κ2) is 8.34. The fourth-order valence-electron chi connectivity index (χ4n) is 3.19. The van der Waals surface area contributed by atoms with E-state index in [0.29, 0.717) is 24.6 Å². The number of ether oxygens (including phenoxy) is 1. The highest BCUT2D eigenvalue weighted by molar-refractivity contribution is 5.76. The normalized spacial score (nSPS) is 15.3. The Bertz CT molecular complexity index is 749. The molecule has 0 bridgehead atoms. The smallest absolute Gasteiger partial charge is 0.226 e. The van der Waals surface area contributed by atoms with Crippen molar-refractivity contribution >= 4 is 5.91 Å². The Kier molecular flexibility index (Phi) is 5.91. The minimum absolute atomic E-state index is 0.183. The van der Waals surface area contributed by atoms with Crippen LogP contribution in [-0.2, 0) is 11.2 Å². The Morgan fingerprint density at radius 1 is 1.23 bits per heavy atom. The second-order valence-corrected chi connectivity index (χ2v) is 7.03. The highest BCUT2D eigenvalue weighted by atomic mass is 16.5. The summed E-state index contributed by atoms with van der Waals surface area (Å²) in [7, 11) is 0. The standard InChI is InChI=1S/C20H27N3O3/c1-14-7-8-18(13-15(14)2)25-17-9-11-23(12-10-17)20(24)6-4-5-19-21-16(3)22-26-19/h7-8,13,17H,4-6,9-12H2,1-3H3. The molecule has 1 fully saturated rings. The van der Waals surface area contributed by atoms with E-state index in [2.05, 4.69) is 36.1 Å². The van der Waals surface area contributed by atoms with Crippen LogP contribution in [0.3, 0.4) is 0 Å². The number of rotatable bonds is 6. The van der Waals surface area contributed by atoms with E-state index >= 15 is 0 Å². The molecule has 0 spiro atoms. The van der Waals surface area contributed by atoms with E-state index in [9.17, 15) is 4.79 Å². The number of carbonyl (C=O) groups excluding carboxylic acids is 1. The lowest BCUT2D eigenvalue weighted by Gasteiger charge is -2.32. The summed E-state index contributed by atoms with van der Waals surface area (Å²) in [6.45, 7) is 7.51. The molecule has 3 rings (SSSR count). The minimum Gasteiger partial charge on any atom is -0.490 e. The SMILES string of the molecule is Cc1noc(CCCC(=O)N2CCC(Oc3ccc(C)c(C)c3)CC2)n1. The summed E-state index contributed by atoms with van der Waals surface area (Å²) in [4.78, 5) is 18.5. The van der Waals surface area contributed by atoms with Gasteiger partial charge in [0.2, 0.25) is 11.8 Å². The van der Waals surface area contributed by atoms with Crippen molar-refractivity contribution in [2.45, 2.75) is 59.0 Å². The molecule has 1 aromatic heterocycles. The molecular weight excluding hydrogens is 330 g/mol. The quantitative estimate of drug-likeness (QED) is 0.793. The van der Waals surface area contributed by atoms with Gasteiger partial charge in [-0.25, -0.2) is 0 Å². The molecule has 0 N–H and O–H groups in total. The number of piperidine rings is 1. The molecule has 2 aromatic rings. The molecule has 26 heavy (non-hydrogen) atoms. The van der Waals surface area contributed by atoms with Crippen molar-refractivity contribution < 1.29 is 14.1 Å². The van der Waals surface area contributed by atoms with Crippen LogP contribution in [-0.4, -0.2) is 40.1 Å². The number of likely N-dealkylation sites (tertiary alicyclic amines) is 1. The maximum atomic E-state index is 12.4. The van der Waals surface area contributed by atoms with Gasteiger partial charge in [-0.2, -0.15) is 4.98 Å². The van der Waals surface area contributed by atoms with Gasteiger partial charge in [-0.15, -0.1) is 0 Å². The molecule has 0 saturated carbocycles. The summed E-state index contributed by atoms with van der Waals surface area (Å²) < 4.78 is 11.2. The predicted octanol–water partition coefficient (Wildman–Crippen LogP) is 3.39. The number of aromatic nitrogens is 2. The molecule has 0 atom stereocenters. The van der Waals surface area contributed by atoms with Crippen LogP contribution in [0.2, 0.25) is 0 Å². The van der Waals surface area contributed by atoms with Gasteiger partial charge in [0.1, 0.15) is 11.9 Å². The summed E-state index contributed by atoms with van der Waals surface area (Å²) in [6.07, 6.45) is 3.84. The zero-order chi connectivity index (χ0) is 18.5. The summed E-state index contributed by atoms with van der Waals surface area (Å²) in [5.41, 5.74) is 2.51. The third-order valence-electron chi connectivity index (χ3n) is 4.93. The molecule has 0 aliphatic carbocycles. The Labute approximate surface area is 154 Å². The largest absolute Gasteiger partial charge is 0.490 e. The van der Waals surface area contributed by atoms with Gasteiger partial charge in [-0.3, -0.25) is 4.79 Å². The summed E-state index contributed by atoms with van der Waals surface area (Å²) >= 11 is 0. The number of amides is 1.